The topological polar surface area (TPSA) is 66.5 Å². The normalized spacial score (nSPS) is 9.92. The Morgan fingerprint density at radius 1 is 1.33 bits per heavy atom. The van der Waals surface area contributed by atoms with Gasteiger partial charge in [-0.05, 0) is 24.0 Å². The van der Waals surface area contributed by atoms with Crippen molar-refractivity contribution in [1.29, 1.82) is 0 Å². The van der Waals surface area contributed by atoms with E-state index >= 15 is 0 Å². The van der Waals surface area contributed by atoms with Gasteiger partial charge in [0.25, 0.3) is 0 Å². The first kappa shape index (κ1) is 9.25. The van der Waals surface area contributed by atoms with Crippen LogP contribution < -0.4 is 11.2 Å². The van der Waals surface area contributed by atoms with Crippen LogP contribution >= 0.6 is 0 Å². The largest absolute Gasteiger partial charge is 0.488 e. The van der Waals surface area contributed by atoms with E-state index in [-0.39, 0.29) is 0 Å². The second-order valence-corrected chi connectivity index (χ2v) is 2.66. The fourth-order valence-corrected chi connectivity index (χ4v) is 1.08. The molecule has 3 nitrogen and oxygen atoms in total. The van der Waals surface area contributed by atoms with Gasteiger partial charge in [0.1, 0.15) is 0 Å². The summed E-state index contributed by atoms with van der Waals surface area (Å²) in [6.07, 6.45) is 0.764. The van der Waals surface area contributed by atoms with Gasteiger partial charge in [0.15, 0.2) is 0 Å². The molecule has 0 aromatic heterocycles. The fourth-order valence-electron chi connectivity index (χ4n) is 1.08. The summed E-state index contributed by atoms with van der Waals surface area (Å²) in [4.78, 5) is 0. The van der Waals surface area contributed by atoms with E-state index in [4.69, 9.17) is 15.8 Å². The summed E-state index contributed by atoms with van der Waals surface area (Å²) >= 11 is 0. The lowest BCUT2D eigenvalue weighted by molar-refractivity contribution is 0.425. The molecule has 0 saturated heterocycles. The third kappa shape index (κ3) is 2.34. The van der Waals surface area contributed by atoms with Gasteiger partial charge >= 0.3 is 7.12 Å². The van der Waals surface area contributed by atoms with E-state index in [0.29, 0.717) is 12.0 Å². The summed E-state index contributed by atoms with van der Waals surface area (Å²) in [7, 11) is -1.39. The highest BCUT2D eigenvalue weighted by Crippen LogP contribution is 1.96. The molecule has 0 bridgehead atoms. The highest BCUT2D eigenvalue weighted by Gasteiger charge is 2.09. The third-order valence-corrected chi connectivity index (χ3v) is 1.68. The molecular weight excluding hydrogens is 153 g/mol. The Morgan fingerprint density at radius 2 is 2.08 bits per heavy atom. The fraction of sp³-hybridized carbons (Fsp3) is 0.250. The molecular formula is C8H12BNO2. The van der Waals surface area contributed by atoms with Crippen molar-refractivity contribution in [3.05, 3.63) is 29.8 Å². The van der Waals surface area contributed by atoms with Gasteiger partial charge in [-0.2, -0.15) is 0 Å². The quantitative estimate of drug-likeness (QED) is 0.496. The highest BCUT2D eigenvalue weighted by molar-refractivity contribution is 6.58. The summed E-state index contributed by atoms with van der Waals surface area (Å²) in [5.41, 5.74) is 6.91. The van der Waals surface area contributed by atoms with Crippen molar-refractivity contribution in [2.75, 3.05) is 6.54 Å². The molecule has 0 saturated carbocycles. The highest BCUT2D eigenvalue weighted by atomic mass is 16.4. The van der Waals surface area contributed by atoms with E-state index in [1.54, 1.807) is 18.2 Å². The van der Waals surface area contributed by atoms with Gasteiger partial charge in [-0.25, -0.2) is 0 Å². The molecule has 0 fully saturated rings. The van der Waals surface area contributed by atoms with Crippen molar-refractivity contribution in [3.8, 4) is 0 Å². The van der Waals surface area contributed by atoms with Crippen LogP contribution in [-0.2, 0) is 6.42 Å². The van der Waals surface area contributed by atoms with Crippen LogP contribution in [0.5, 0.6) is 0 Å². The Hall–Kier alpha value is -0.835. The predicted octanol–water partition coefficient (Wildman–Crippen LogP) is -1.13. The molecule has 0 radical (unpaired) electrons. The summed E-state index contributed by atoms with van der Waals surface area (Å²) in [5, 5.41) is 17.7. The van der Waals surface area contributed by atoms with Crippen molar-refractivity contribution in [2.24, 2.45) is 5.73 Å². The van der Waals surface area contributed by atoms with E-state index in [1.165, 1.54) is 0 Å². The molecule has 0 amide bonds. The van der Waals surface area contributed by atoms with Gasteiger partial charge in [-0.3, -0.25) is 0 Å². The van der Waals surface area contributed by atoms with Gasteiger partial charge in [0.2, 0.25) is 0 Å². The summed E-state index contributed by atoms with van der Waals surface area (Å²) in [6, 6.07) is 7.13. The van der Waals surface area contributed by atoms with E-state index < -0.39 is 7.12 Å². The third-order valence-electron chi connectivity index (χ3n) is 1.68. The van der Waals surface area contributed by atoms with Gasteiger partial charge in [-0.15, -0.1) is 0 Å². The molecule has 0 aliphatic heterocycles. The molecule has 0 unspecified atom stereocenters. The smallest absolute Gasteiger partial charge is 0.423 e. The second-order valence-electron chi connectivity index (χ2n) is 2.66. The Kier molecular flexibility index (Phi) is 3.28. The molecule has 1 aromatic carbocycles. The zero-order valence-electron chi connectivity index (χ0n) is 6.77. The molecule has 4 N–H and O–H groups in total. The SMILES string of the molecule is NCCc1cccc(B(O)O)c1. The number of rotatable bonds is 3. The summed E-state index contributed by atoms with van der Waals surface area (Å²) < 4.78 is 0. The van der Waals surface area contributed by atoms with Crippen LogP contribution in [0.15, 0.2) is 24.3 Å². The molecule has 0 aliphatic rings. The minimum atomic E-state index is -1.39. The van der Waals surface area contributed by atoms with Crippen molar-refractivity contribution in [1.82, 2.24) is 0 Å². The number of benzene rings is 1. The number of nitrogens with two attached hydrogens (primary N) is 1. The lowest BCUT2D eigenvalue weighted by Crippen LogP contribution is -2.30. The lowest BCUT2D eigenvalue weighted by atomic mass is 9.79. The first-order valence-electron chi connectivity index (χ1n) is 3.89. The van der Waals surface area contributed by atoms with Gasteiger partial charge in [-0.1, -0.05) is 24.3 Å². The first-order chi connectivity index (χ1) is 5.74. The van der Waals surface area contributed by atoms with Crippen molar-refractivity contribution in [3.63, 3.8) is 0 Å². The van der Waals surface area contributed by atoms with E-state index in [9.17, 15) is 0 Å². The van der Waals surface area contributed by atoms with Gasteiger partial charge in [0, 0.05) is 0 Å². The van der Waals surface area contributed by atoms with Crippen LogP contribution in [0.25, 0.3) is 0 Å². The van der Waals surface area contributed by atoms with Gasteiger partial charge < -0.3 is 15.8 Å². The van der Waals surface area contributed by atoms with Crippen molar-refractivity contribution < 1.29 is 10.0 Å². The van der Waals surface area contributed by atoms with Crippen LogP contribution in [-0.4, -0.2) is 23.7 Å². The Morgan fingerprint density at radius 3 is 2.67 bits per heavy atom. The van der Waals surface area contributed by atoms with Crippen LogP contribution in [0.2, 0.25) is 0 Å². The van der Waals surface area contributed by atoms with Crippen molar-refractivity contribution >= 4 is 12.6 Å². The minimum Gasteiger partial charge on any atom is -0.423 e. The summed E-state index contributed by atoms with van der Waals surface area (Å²) in [5.74, 6) is 0. The average molecular weight is 165 g/mol. The summed E-state index contributed by atoms with van der Waals surface area (Å²) in [6.45, 7) is 0.574. The van der Waals surface area contributed by atoms with Crippen LogP contribution in [0, 0.1) is 0 Å². The van der Waals surface area contributed by atoms with Crippen molar-refractivity contribution in [2.45, 2.75) is 6.42 Å². The molecule has 0 spiro atoms. The monoisotopic (exact) mass is 165 g/mol. The standard InChI is InChI=1S/C8H12BNO2/c10-5-4-7-2-1-3-8(6-7)9(11)12/h1-3,6,11-12H,4-5,10H2. The van der Waals surface area contributed by atoms with Crippen LogP contribution in [0.3, 0.4) is 0 Å². The zero-order chi connectivity index (χ0) is 8.97. The van der Waals surface area contributed by atoms with Crippen LogP contribution in [0.1, 0.15) is 5.56 Å². The minimum absolute atomic E-state index is 0.515. The van der Waals surface area contributed by atoms with Crippen LogP contribution in [0.4, 0.5) is 0 Å². The lowest BCUT2D eigenvalue weighted by Gasteiger charge is -2.02. The number of hydrogen-bond donors (Lipinski definition) is 3. The molecule has 12 heavy (non-hydrogen) atoms. The first-order valence-corrected chi connectivity index (χ1v) is 3.89. The molecule has 0 atom stereocenters. The maximum Gasteiger partial charge on any atom is 0.488 e. The average Bonchev–Trinajstić information content (AvgIpc) is 2.05. The molecule has 1 rings (SSSR count). The van der Waals surface area contributed by atoms with E-state index in [2.05, 4.69) is 0 Å². The molecule has 0 aliphatic carbocycles. The number of hydrogen-bond acceptors (Lipinski definition) is 3. The van der Waals surface area contributed by atoms with E-state index in [0.717, 1.165) is 12.0 Å². The van der Waals surface area contributed by atoms with E-state index in [1.807, 2.05) is 6.07 Å². The maximum absolute atomic E-state index is 8.84. The molecule has 4 heteroatoms. The Bertz CT molecular complexity index is 253. The predicted molar refractivity (Wildman–Crippen MR) is 49.0 cm³/mol. The maximum atomic E-state index is 8.84. The molecule has 0 heterocycles. The second kappa shape index (κ2) is 4.26. The Labute approximate surface area is 72.0 Å². The molecule has 1 aromatic rings. The molecule has 64 valence electrons. The Balaban J connectivity index is 2.81. The zero-order valence-corrected chi connectivity index (χ0v) is 6.77. The van der Waals surface area contributed by atoms with Gasteiger partial charge in [0.05, 0.1) is 0 Å².